The summed E-state index contributed by atoms with van der Waals surface area (Å²) in [4.78, 5) is 11.5. The number of ketones is 1. The number of ether oxygens (including phenoxy) is 1. The summed E-state index contributed by atoms with van der Waals surface area (Å²) in [5.41, 5.74) is 0.557. The average molecular weight is 228 g/mol. The zero-order valence-corrected chi connectivity index (χ0v) is 9.35. The van der Waals surface area contributed by atoms with E-state index in [4.69, 9.17) is 4.74 Å². The third-order valence-electron chi connectivity index (χ3n) is 1.83. The van der Waals surface area contributed by atoms with E-state index in [-0.39, 0.29) is 11.6 Å². The van der Waals surface area contributed by atoms with Crippen LogP contribution in [0.2, 0.25) is 0 Å². The van der Waals surface area contributed by atoms with Crippen molar-refractivity contribution in [2.24, 2.45) is 0 Å². The third-order valence-corrected chi connectivity index (χ3v) is 2.75. The number of thioether (sulfide) groups is 1. The van der Waals surface area contributed by atoms with Crippen molar-refractivity contribution in [3.05, 3.63) is 35.6 Å². The molecule has 0 aliphatic carbocycles. The highest BCUT2D eigenvalue weighted by Gasteiger charge is 2.05. The average Bonchev–Trinajstić information content (AvgIpc) is 2.25. The van der Waals surface area contributed by atoms with Crippen LogP contribution in [0.4, 0.5) is 4.39 Å². The highest BCUT2D eigenvalue weighted by atomic mass is 32.2. The van der Waals surface area contributed by atoms with Crippen molar-refractivity contribution in [1.82, 2.24) is 0 Å². The molecule has 0 fully saturated rings. The summed E-state index contributed by atoms with van der Waals surface area (Å²) in [6.45, 7) is 0.640. The fourth-order valence-corrected chi connectivity index (χ4v) is 1.81. The summed E-state index contributed by atoms with van der Waals surface area (Å²) < 4.78 is 17.4. The van der Waals surface area contributed by atoms with Gasteiger partial charge in [0.05, 0.1) is 12.4 Å². The first-order valence-electron chi connectivity index (χ1n) is 4.59. The summed E-state index contributed by atoms with van der Waals surface area (Å²) in [7, 11) is 1.63. The fraction of sp³-hybridized carbons (Fsp3) is 0.364. The minimum absolute atomic E-state index is 0.0242. The minimum Gasteiger partial charge on any atom is -0.384 e. The van der Waals surface area contributed by atoms with Gasteiger partial charge in [0, 0.05) is 18.4 Å². The van der Waals surface area contributed by atoms with Gasteiger partial charge in [0.25, 0.3) is 0 Å². The molecule has 0 radical (unpaired) electrons. The molecule has 82 valence electrons. The zero-order valence-electron chi connectivity index (χ0n) is 8.53. The number of carbonyl (C=O) groups excluding carboxylic acids is 1. The molecular weight excluding hydrogens is 215 g/mol. The largest absolute Gasteiger partial charge is 0.384 e. The highest BCUT2D eigenvalue weighted by Crippen LogP contribution is 2.08. The Morgan fingerprint density at radius 3 is 2.67 bits per heavy atom. The summed E-state index contributed by atoms with van der Waals surface area (Å²) in [6, 6.07) is 5.61. The lowest BCUT2D eigenvalue weighted by atomic mass is 10.1. The molecule has 4 heteroatoms. The smallest absolute Gasteiger partial charge is 0.172 e. The van der Waals surface area contributed by atoms with Gasteiger partial charge >= 0.3 is 0 Å². The Morgan fingerprint density at radius 1 is 1.40 bits per heavy atom. The molecule has 0 saturated carbocycles. The summed E-state index contributed by atoms with van der Waals surface area (Å²) in [6.07, 6.45) is 0. The van der Waals surface area contributed by atoms with Gasteiger partial charge in [-0.25, -0.2) is 4.39 Å². The Labute approximate surface area is 92.8 Å². The first-order chi connectivity index (χ1) is 7.24. The van der Waals surface area contributed by atoms with Gasteiger partial charge in [0.15, 0.2) is 5.78 Å². The van der Waals surface area contributed by atoms with E-state index in [1.54, 1.807) is 7.11 Å². The van der Waals surface area contributed by atoms with E-state index in [9.17, 15) is 9.18 Å². The maximum absolute atomic E-state index is 12.6. The van der Waals surface area contributed by atoms with Crippen LogP contribution in [-0.4, -0.2) is 31.0 Å². The SMILES string of the molecule is COCCSCC(=O)c1ccc(F)cc1. The monoisotopic (exact) mass is 228 g/mol. The van der Waals surface area contributed by atoms with Gasteiger partial charge in [-0.2, -0.15) is 11.8 Å². The molecule has 1 aromatic carbocycles. The molecule has 0 aromatic heterocycles. The van der Waals surface area contributed by atoms with Gasteiger partial charge < -0.3 is 4.74 Å². The van der Waals surface area contributed by atoms with Gasteiger partial charge in [0.1, 0.15) is 5.82 Å². The number of hydrogen-bond donors (Lipinski definition) is 0. The van der Waals surface area contributed by atoms with E-state index in [2.05, 4.69) is 0 Å². The second kappa shape index (κ2) is 6.58. The molecule has 0 aliphatic rings. The number of Topliss-reactive ketones (excluding diaryl/α,β-unsaturated/α-hetero) is 1. The Balaban J connectivity index is 2.37. The van der Waals surface area contributed by atoms with Crippen LogP contribution >= 0.6 is 11.8 Å². The number of hydrogen-bond acceptors (Lipinski definition) is 3. The van der Waals surface area contributed by atoms with Crippen LogP contribution in [0.5, 0.6) is 0 Å². The number of halogens is 1. The molecule has 2 nitrogen and oxygen atoms in total. The number of methoxy groups -OCH3 is 1. The summed E-state index contributed by atoms with van der Waals surface area (Å²) in [5.74, 6) is 0.910. The van der Waals surface area contributed by atoms with Crippen molar-refractivity contribution < 1.29 is 13.9 Å². The Hall–Kier alpha value is -0.870. The zero-order chi connectivity index (χ0) is 11.1. The van der Waals surface area contributed by atoms with Crippen molar-refractivity contribution >= 4 is 17.5 Å². The molecule has 0 saturated heterocycles. The Kier molecular flexibility index (Phi) is 5.36. The van der Waals surface area contributed by atoms with E-state index in [0.717, 1.165) is 5.75 Å². The quantitative estimate of drug-likeness (QED) is 0.552. The van der Waals surface area contributed by atoms with Crippen LogP contribution in [0, 0.1) is 5.82 Å². The maximum atomic E-state index is 12.6. The van der Waals surface area contributed by atoms with Crippen LogP contribution in [0.3, 0.4) is 0 Å². The highest BCUT2D eigenvalue weighted by molar-refractivity contribution is 8.00. The Morgan fingerprint density at radius 2 is 2.07 bits per heavy atom. The first-order valence-corrected chi connectivity index (χ1v) is 5.75. The first kappa shape index (κ1) is 12.2. The number of benzene rings is 1. The maximum Gasteiger partial charge on any atom is 0.172 e. The van der Waals surface area contributed by atoms with Crippen molar-refractivity contribution in [2.45, 2.75) is 0 Å². The van der Waals surface area contributed by atoms with Gasteiger partial charge in [-0.1, -0.05) is 0 Å². The molecule has 0 aliphatic heterocycles. The standard InChI is InChI=1S/C11H13FO2S/c1-14-6-7-15-8-11(13)9-2-4-10(12)5-3-9/h2-5H,6-8H2,1H3. The van der Waals surface area contributed by atoms with Crippen LogP contribution in [0.1, 0.15) is 10.4 Å². The molecule has 0 N–H and O–H groups in total. The molecule has 1 aromatic rings. The van der Waals surface area contributed by atoms with E-state index >= 15 is 0 Å². The summed E-state index contributed by atoms with van der Waals surface area (Å²) in [5, 5.41) is 0. The minimum atomic E-state index is -0.321. The molecule has 1 rings (SSSR count). The van der Waals surface area contributed by atoms with Crippen molar-refractivity contribution in [3.8, 4) is 0 Å². The van der Waals surface area contributed by atoms with Crippen molar-refractivity contribution in [2.75, 3.05) is 25.2 Å². The van der Waals surface area contributed by atoms with Gasteiger partial charge in [-0.3, -0.25) is 4.79 Å². The van der Waals surface area contributed by atoms with E-state index < -0.39 is 0 Å². The van der Waals surface area contributed by atoms with Crippen LogP contribution in [0.25, 0.3) is 0 Å². The van der Waals surface area contributed by atoms with Crippen LogP contribution in [-0.2, 0) is 4.74 Å². The van der Waals surface area contributed by atoms with Gasteiger partial charge in [-0.05, 0) is 24.3 Å². The molecule has 0 bridgehead atoms. The lowest BCUT2D eigenvalue weighted by molar-refractivity contribution is 0.102. The normalized spacial score (nSPS) is 10.3. The van der Waals surface area contributed by atoms with Crippen LogP contribution < -0.4 is 0 Å². The molecule has 15 heavy (non-hydrogen) atoms. The lowest BCUT2D eigenvalue weighted by Crippen LogP contribution is -2.04. The lowest BCUT2D eigenvalue weighted by Gasteiger charge is -2.01. The predicted octanol–water partition coefficient (Wildman–Crippen LogP) is 2.39. The second-order valence-corrected chi connectivity index (χ2v) is 4.08. The number of carbonyl (C=O) groups is 1. The van der Waals surface area contributed by atoms with E-state index in [1.165, 1.54) is 36.0 Å². The molecule has 0 atom stereocenters. The van der Waals surface area contributed by atoms with Crippen LogP contribution in [0.15, 0.2) is 24.3 Å². The van der Waals surface area contributed by atoms with E-state index in [0.29, 0.717) is 17.9 Å². The van der Waals surface area contributed by atoms with Gasteiger partial charge in [-0.15, -0.1) is 0 Å². The Bertz CT molecular complexity index is 311. The van der Waals surface area contributed by atoms with Crippen molar-refractivity contribution in [3.63, 3.8) is 0 Å². The van der Waals surface area contributed by atoms with Gasteiger partial charge in [0.2, 0.25) is 0 Å². The third kappa shape index (κ3) is 4.44. The molecule has 0 unspecified atom stereocenters. The van der Waals surface area contributed by atoms with E-state index in [1.807, 2.05) is 0 Å². The topological polar surface area (TPSA) is 26.3 Å². The molecular formula is C11H13FO2S. The second-order valence-electron chi connectivity index (χ2n) is 2.98. The summed E-state index contributed by atoms with van der Waals surface area (Å²) >= 11 is 1.52. The fourth-order valence-electron chi connectivity index (χ4n) is 1.03. The predicted molar refractivity (Wildman–Crippen MR) is 59.9 cm³/mol. The molecule has 0 spiro atoms. The molecule has 0 heterocycles. The number of rotatable bonds is 6. The molecule has 0 amide bonds. The van der Waals surface area contributed by atoms with Crippen molar-refractivity contribution in [1.29, 1.82) is 0 Å².